The highest BCUT2D eigenvalue weighted by atomic mass is 19.1. The molecular weight excluding hydrogens is 257 g/mol. The summed E-state index contributed by atoms with van der Waals surface area (Å²) in [6.45, 7) is 3.53. The maximum Gasteiger partial charge on any atom is 0.168 e. The number of hydrogen-bond donors (Lipinski definition) is 1. The predicted molar refractivity (Wildman–Crippen MR) is 76.8 cm³/mol. The third-order valence-electron chi connectivity index (χ3n) is 3.08. The molecule has 0 spiro atoms. The number of ether oxygens (including phenoxy) is 2. The van der Waals surface area contributed by atoms with Gasteiger partial charge in [0.1, 0.15) is 11.5 Å². The van der Waals surface area contributed by atoms with E-state index in [-0.39, 0.29) is 17.6 Å². The summed E-state index contributed by atoms with van der Waals surface area (Å²) in [5, 5.41) is 0. The van der Waals surface area contributed by atoms with E-state index >= 15 is 0 Å². The zero-order chi connectivity index (χ0) is 14.7. The lowest BCUT2D eigenvalue weighted by Gasteiger charge is -2.17. The molecule has 0 radical (unpaired) electrons. The lowest BCUT2D eigenvalue weighted by Crippen LogP contribution is -2.09. The molecule has 0 fully saturated rings. The zero-order valence-corrected chi connectivity index (χ0v) is 11.8. The highest BCUT2D eigenvalue weighted by Crippen LogP contribution is 2.36. The van der Waals surface area contributed by atoms with Crippen LogP contribution in [0.5, 0.6) is 17.2 Å². The molecule has 2 N–H and O–H groups in total. The summed E-state index contributed by atoms with van der Waals surface area (Å²) >= 11 is 0. The van der Waals surface area contributed by atoms with Crippen molar-refractivity contribution >= 4 is 0 Å². The maximum absolute atomic E-state index is 14.0. The Morgan fingerprint density at radius 2 is 1.65 bits per heavy atom. The number of methoxy groups -OCH3 is 1. The van der Waals surface area contributed by atoms with E-state index in [9.17, 15) is 4.39 Å². The van der Waals surface area contributed by atoms with Gasteiger partial charge in [0.05, 0.1) is 12.7 Å². The molecular formula is C16H18FNO2. The summed E-state index contributed by atoms with van der Waals surface area (Å²) in [4.78, 5) is 0. The van der Waals surface area contributed by atoms with E-state index < -0.39 is 0 Å². The molecule has 0 amide bonds. The van der Waals surface area contributed by atoms with Gasteiger partial charge in [-0.15, -0.1) is 0 Å². The summed E-state index contributed by atoms with van der Waals surface area (Å²) in [6.07, 6.45) is 0. The molecule has 2 aromatic carbocycles. The second-order valence-electron chi connectivity index (χ2n) is 4.65. The highest BCUT2D eigenvalue weighted by Gasteiger charge is 2.16. The van der Waals surface area contributed by atoms with Crippen LogP contribution in [-0.2, 0) is 0 Å². The molecule has 106 valence electrons. The summed E-state index contributed by atoms with van der Waals surface area (Å²) < 4.78 is 25.0. The second kappa shape index (κ2) is 5.92. The number of hydrogen-bond acceptors (Lipinski definition) is 3. The van der Waals surface area contributed by atoms with Crippen molar-refractivity contribution in [3.05, 3.63) is 53.3 Å². The van der Waals surface area contributed by atoms with Crippen molar-refractivity contribution in [1.29, 1.82) is 0 Å². The van der Waals surface area contributed by atoms with Crippen LogP contribution in [0.4, 0.5) is 4.39 Å². The van der Waals surface area contributed by atoms with E-state index in [1.165, 1.54) is 0 Å². The van der Waals surface area contributed by atoms with Crippen LogP contribution in [0.3, 0.4) is 0 Å². The fourth-order valence-electron chi connectivity index (χ4n) is 2.06. The number of nitrogens with two attached hydrogens (primary N) is 1. The molecule has 2 rings (SSSR count). The largest absolute Gasteiger partial charge is 0.496 e. The molecule has 2 aromatic rings. The first-order valence-electron chi connectivity index (χ1n) is 6.40. The van der Waals surface area contributed by atoms with Crippen LogP contribution in [0.25, 0.3) is 0 Å². The zero-order valence-electron chi connectivity index (χ0n) is 11.8. The lowest BCUT2D eigenvalue weighted by atomic mass is 10.1. The molecule has 20 heavy (non-hydrogen) atoms. The Bertz CT molecular complexity index is 611. The summed E-state index contributed by atoms with van der Waals surface area (Å²) in [7, 11) is 1.57. The second-order valence-corrected chi connectivity index (χ2v) is 4.65. The number of rotatable bonds is 4. The topological polar surface area (TPSA) is 44.5 Å². The molecule has 0 saturated carbocycles. The van der Waals surface area contributed by atoms with Gasteiger partial charge in [-0.25, -0.2) is 4.39 Å². The first-order valence-corrected chi connectivity index (χ1v) is 6.40. The fraction of sp³-hybridized carbons (Fsp3) is 0.250. The average Bonchev–Trinajstić information content (AvgIpc) is 2.43. The standard InChI is InChI=1S/C16H18FNO2/c1-10-6-4-9-14(16(10)17)20-13-8-5-7-12(19-3)15(13)11(2)18/h4-9,11H,18H2,1-3H3/t11-/m0/s1. The quantitative estimate of drug-likeness (QED) is 0.918. The van der Waals surface area contributed by atoms with E-state index in [0.29, 0.717) is 17.1 Å². The number of halogens is 1. The van der Waals surface area contributed by atoms with Crippen molar-refractivity contribution in [3.8, 4) is 17.2 Å². The minimum Gasteiger partial charge on any atom is -0.496 e. The lowest BCUT2D eigenvalue weighted by molar-refractivity contribution is 0.392. The minimum atomic E-state index is -0.369. The third-order valence-corrected chi connectivity index (χ3v) is 3.08. The smallest absolute Gasteiger partial charge is 0.168 e. The third kappa shape index (κ3) is 2.75. The van der Waals surface area contributed by atoms with E-state index in [4.69, 9.17) is 15.2 Å². The molecule has 3 nitrogen and oxygen atoms in total. The van der Waals surface area contributed by atoms with E-state index in [1.54, 1.807) is 50.4 Å². The Labute approximate surface area is 118 Å². The Hall–Kier alpha value is -2.07. The van der Waals surface area contributed by atoms with Crippen LogP contribution in [-0.4, -0.2) is 7.11 Å². The monoisotopic (exact) mass is 275 g/mol. The summed E-state index contributed by atoms with van der Waals surface area (Å²) in [6, 6.07) is 10.1. The van der Waals surface area contributed by atoms with Gasteiger partial charge in [-0.05, 0) is 37.6 Å². The summed E-state index contributed by atoms with van der Waals surface area (Å²) in [5.41, 5.74) is 7.21. The number of benzene rings is 2. The van der Waals surface area contributed by atoms with Crippen LogP contribution >= 0.6 is 0 Å². The first kappa shape index (κ1) is 14.3. The van der Waals surface area contributed by atoms with Gasteiger partial charge in [-0.3, -0.25) is 0 Å². The van der Waals surface area contributed by atoms with Gasteiger partial charge < -0.3 is 15.2 Å². The van der Waals surface area contributed by atoms with Gasteiger partial charge in [0, 0.05) is 6.04 Å². The van der Waals surface area contributed by atoms with Gasteiger partial charge in [0.15, 0.2) is 11.6 Å². The molecule has 0 aliphatic heterocycles. The van der Waals surface area contributed by atoms with Crippen LogP contribution in [0, 0.1) is 12.7 Å². The van der Waals surface area contributed by atoms with Gasteiger partial charge in [0.25, 0.3) is 0 Å². The highest BCUT2D eigenvalue weighted by molar-refractivity contribution is 5.48. The SMILES string of the molecule is COc1cccc(Oc2cccc(C)c2F)c1[C@H](C)N. The predicted octanol–water partition coefficient (Wildman–Crippen LogP) is 3.95. The molecule has 4 heteroatoms. The molecule has 0 heterocycles. The van der Waals surface area contributed by atoms with Crippen molar-refractivity contribution in [3.63, 3.8) is 0 Å². The Balaban J connectivity index is 2.46. The van der Waals surface area contributed by atoms with Crippen LogP contribution in [0.2, 0.25) is 0 Å². The minimum absolute atomic E-state index is 0.181. The van der Waals surface area contributed by atoms with E-state index in [2.05, 4.69) is 0 Å². The molecule has 1 atom stereocenters. The molecule has 0 saturated heterocycles. The van der Waals surface area contributed by atoms with Crippen LogP contribution in [0.1, 0.15) is 24.1 Å². The number of aryl methyl sites for hydroxylation is 1. The van der Waals surface area contributed by atoms with Crippen molar-refractivity contribution in [2.45, 2.75) is 19.9 Å². The van der Waals surface area contributed by atoms with Crippen LogP contribution in [0.15, 0.2) is 36.4 Å². The van der Waals surface area contributed by atoms with Gasteiger partial charge >= 0.3 is 0 Å². The first-order chi connectivity index (χ1) is 9.54. The van der Waals surface area contributed by atoms with E-state index in [1.807, 2.05) is 6.92 Å². The molecule has 0 aliphatic carbocycles. The van der Waals surface area contributed by atoms with Gasteiger partial charge in [-0.1, -0.05) is 18.2 Å². The van der Waals surface area contributed by atoms with E-state index in [0.717, 1.165) is 5.56 Å². The van der Waals surface area contributed by atoms with Crippen molar-refractivity contribution in [1.82, 2.24) is 0 Å². The van der Waals surface area contributed by atoms with Crippen molar-refractivity contribution in [2.24, 2.45) is 5.73 Å². The Morgan fingerprint density at radius 3 is 2.30 bits per heavy atom. The van der Waals surface area contributed by atoms with Gasteiger partial charge in [-0.2, -0.15) is 0 Å². The normalized spacial score (nSPS) is 12.1. The maximum atomic E-state index is 14.0. The average molecular weight is 275 g/mol. The van der Waals surface area contributed by atoms with Crippen LogP contribution < -0.4 is 15.2 Å². The Kier molecular flexibility index (Phi) is 4.25. The van der Waals surface area contributed by atoms with Crippen molar-refractivity contribution < 1.29 is 13.9 Å². The molecule has 0 aliphatic rings. The van der Waals surface area contributed by atoms with Crippen molar-refractivity contribution in [2.75, 3.05) is 7.11 Å². The summed E-state index contributed by atoms with van der Waals surface area (Å²) in [5.74, 6) is 0.945. The fourth-order valence-corrected chi connectivity index (χ4v) is 2.06. The molecule has 0 bridgehead atoms. The molecule has 0 unspecified atom stereocenters. The molecule has 0 aromatic heterocycles. The Morgan fingerprint density at radius 1 is 1.05 bits per heavy atom. The van der Waals surface area contributed by atoms with Gasteiger partial charge in [0.2, 0.25) is 0 Å².